The zero-order chi connectivity index (χ0) is 21.1. The summed E-state index contributed by atoms with van der Waals surface area (Å²) in [5.74, 6) is 4.02. The Morgan fingerprint density at radius 1 is 1.24 bits per heavy atom. The molecule has 1 heterocycles. The molecule has 0 radical (unpaired) electrons. The normalized spacial score (nSPS) is 11.6. The van der Waals surface area contributed by atoms with Crippen LogP contribution >= 0.6 is 0 Å². The Kier molecular flexibility index (Phi) is 9.27. The van der Waals surface area contributed by atoms with E-state index in [0.717, 1.165) is 55.9 Å². The highest BCUT2D eigenvalue weighted by molar-refractivity contribution is 5.79. The van der Waals surface area contributed by atoms with E-state index in [9.17, 15) is 0 Å². The third kappa shape index (κ3) is 7.63. The van der Waals surface area contributed by atoms with E-state index in [-0.39, 0.29) is 0 Å². The number of ether oxygens (including phenoxy) is 2. The summed E-state index contributed by atoms with van der Waals surface area (Å²) in [7, 11) is 3.68. The number of guanidine groups is 1. The molecule has 0 spiro atoms. The van der Waals surface area contributed by atoms with Gasteiger partial charge in [-0.25, -0.2) is 0 Å². The van der Waals surface area contributed by atoms with E-state index in [1.54, 1.807) is 13.4 Å². The molecule has 0 saturated carbocycles. The summed E-state index contributed by atoms with van der Waals surface area (Å²) in [5, 5.41) is 11.6. The summed E-state index contributed by atoms with van der Waals surface area (Å²) in [6, 6.07) is 7.61. The Hall–Kier alpha value is -2.77. The number of rotatable bonds is 11. The quantitative estimate of drug-likeness (QED) is 0.460. The van der Waals surface area contributed by atoms with Crippen LogP contribution in [0.25, 0.3) is 0 Å². The highest BCUT2D eigenvalue weighted by atomic mass is 16.5. The van der Waals surface area contributed by atoms with Crippen LogP contribution in [0.15, 0.2) is 35.6 Å². The van der Waals surface area contributed by atoms with Crippen molar-refractivity contribution in [3.63, 3.8) is 0 Å². The van der Waals surface area contributed by atoms with E-state index < -0.39 is 0 Å². The lowest BCUT2D eigenvalue weighted by molar-refractivity contribution is 0.280. The molecule has 2 rings (SSSR count). The average molecular weight is 403 g/mol. The summed E-state index contributed by atoms with van der Waals surface area (Å²) in [4.78, 5) is 6.85. The molecule has 2 aromatic rings. The number of likely N-dealkylation sites (N-methyl/N-ethyl adjacent to an activating group) is 1. The molecule has 0 saturated heterocycles. The van der Waals surface area contributed by atoms with Gasteiger partial charge in [0.2, 0.25) is 0 Å². The minimum absolute atomic E-state index is 0.500. The molecule has 0 aliphatic heterocycles. The fraction of sp³-hybridized carbons (Fsp3) is 0.571. The molecule has 8 nitrogen and oxygen atoms in total. The Labute approximate surface area is 173 Å². The van der Waals surface area contributed by atoms with E-state index in [1.165, 1.54) is 0 Å². The first-order valence-corrected chi connectivity index (χ1v) is 10.2. The maximum Gasteiger partial charge on any atom is 0.193 e. The summed E-state index contributed by atoms with van der Waals surface area (Å²) in [6.07, 6.45) is 2.65. The van der Waals surface area contributed by atoms with E-state index >= 15 is 0 Å². The van der Waals surface area contributed by atoms with Crippen molar-refractivity contribution in [3.05, 3.63) is 36.4 Å². The van der Waals surface area contributed by atoms with Gasteiger partial charge in [0.15, 0.2) is 5.96 Å². The molecular formula is C21H34N6O2. The van der Waals surface area contributed by atoms with Crippen molar-refractivity contribution in [1.82, 2.24) is 25.0 Å². The van der Waals surface area contributed by atoms with E-state index in [2.05, 4.69) is 45.8 Å². The lowest BCUT2D eigenvalue weighted by Gasteiger charge is -2.23. The first kappa shape index (κ1) is 22.5. The summed E-state index contributed by atoms with van der Waals surface area (Å²) in [6.45, 7) is 10.0. The number of aromatic nitrogens is 3. The molecule has 0 aliphatic carbocycles. The largest absolute Gasteiger partial charge is 0.497 e. The topological polar surface area (TPSA) is 76.8 Å². The Bertz CT molecular complexity index is 742. The van der Waals surface area contributed by atoms with Crippen molar-refractivity contribution in [3.8, 4) is 11.5 Å². The van der Waals surface area contributed by atoms with Gasteiger partial charge in [0.25, 0.3) is 0 Å². The van der Waals surface area contributed by atoms with Gasteiger partial charge in [-0.05, 0) is 30.2 Å². The molecule has 0 fully saturated rings. The number of nitrogens with one attached hydrogen (secondary N) is 1. The number of nitrogens with zero attached hydrogens (tertiary/aromatic N) is 5. The molecular weight excluding hydrogens is 368 g/mol. The third-order valence-electron chi connectivity index (χ3n) is 4.37. The molecule has 8 heteroatoms. The molecule has 29 heavy (non-hydrogen) atoms. The lowest BCUT2D eigenvalue weighted by atomic mass is 10.2. The average Bonchev–Trinajstić information content (AvgIpc) is 3.18. The fourth-order valence-corrected chi connectivity index (χ4v) is 2.69. The van der Waals surface area contributed by atoms with E-state index in [0.29, 0.717) is 12.5 Å². The molecule has 1 N–H and O–H groups in total. The summed E-state index contributed by atoms with van der Waals surface area (Å²) >= 11 is 0. The van der Waals surface area contributed by atoms with Gasteiger partial charge < -0.3 is 24.3 Å². The second kappa shape index (κ2) is 11.9. The third-order valence-corrected chi connectivity index (χ3v) is 4.37. The van der Waals surface area contributed by atoms with Crippen LogP contribution in [0.2, 0.25) is 0 Å². The molecule has 0 amide bonds. The maximum atomic E-state index is 5.84. The van der Waals surface area contributed by atoms with Crippen molar-refractivity contribution >= 4 is 5.96 Å². The first-order valence-electron chi connectivity index (χ1n) is 10.2. The Morgan fingerprint density at radius 3 is 2.62 bits per heavy atom. The van der Waals surface area contributed by atoms with Crippen LogP contribution in [-0.4, -0.2) is 66.0 Å². The Balaban J connectivity index is 1.85. The van der Waals surface area contributed by atoms with Crippen LogP contribution < -0.4 is 14.8 Å². The van der Waals surface area contributed by atoms with Crippen LogP contribution in [0.1, 0.15) is 26.6 Å². The second-order valence-corrected chi connectivity index (χ2v) is 7.22. The number of aliphatic imine (C=N–C) groups is 1. The van der Waals surface area contributed by atoms with Crippen LogP contribution in [0.4, 0.5) is 0 Å². The van der Waals surface area contributed by atoms with Gasteiger partial charge in [0.05, 0.1) is 13.7 Å². The number of aryl methyl sites for hydroxylation is 1. The highest BCUT2D eigenvalue weighted by Gasteiger charge is 2.08. The molecule has 1 aromatic carbocycles. The summed E-state index contributed by atoms with van der Waals surface area (Å²) < 4.78 is 13.1. The van der Waals surface area contributed by atoms with Gasteiger partial charge in [0, 0.05) is 33.1 Å². The van der Waals surface area contributed by atoms with Gasteiger partial charge in [-0.15, -0.1) is 10.2 Å². The van der Waals surface area contributed by atoms with Gasteiger partial charge in [-0.3, -0.25) is 4.99 Å². The predicted octanol–water partition coefficient (Wildman–Crippen LogP) is 2.46. The van der Waals surface area contributed by atoms with Gasteiger partial charge in [0.1, 0.15) is 30.3 Å². The number of methoxy groups -OCH3 is 1. The fourth-order valence-electron chi connectivity index (χ4n) is 2.69. The zero-order valence-corrected chi connectivity index (χ0v) is 18.3. The molecule has 0 atom stereocenters. The smallest absolute Gasteiger partial charge is 0.193 e. The molecule has 0 unspecified atom stereocenters. The van der Waals surface area contributed by atoms with Gasteiger partial charge in [-0.2, -0.15) is 0 Å². The van der Waals surface area contributed by atoms with Crippen molar-refractivity contribution in [2.75, 3.05) is 40.4 Å². The van der Waals surface area contributed by atoms with Crippen LogP contribution in [0, 0.1) is 5.92 Å². The van der Waals surface area contributed by atoms with E-state index in [4.69, 9.17) is 14.5 Å². The zero-order valence-electron chi connectivity index (χ0n) is 18.3. The standard InChI is InChI=1S/C21H34N6O2/c1-6-20-25-24-16-27(20)12-11-22-21(23-15-17(2)3)26(4)13-14-29-19-9-7-18(28-5)8-10-19/h7-10,16-17H,6,11-15H2,1-5H3,(H,22,23). The lowest BCUT2D eigenvalue weighted by Crippen LogP contribution is -2.42. The molecule has 0 bridgehead atoms. The maximum absolute atomic E-state index is 5.84. The Morgan fingerprint density at radius 2 is 1.97 bits per heavy atom. The number of hydrogen-bond donors (Lipinski definition) is 1. The molecule has 160 valence electrons. The van der Waals surface area contributed by atoms with Crippen molar-refractivity contribution in [2.24, 2.45) is 10.9 Å². The first-order chi connectivity index (χ1) is 14.0. The minimum atomic E-state index is 0.500. The predicted molar refractivity (Wildman–Crippen MR) is 116 cm³/mol. The second-order valence-electron chi connectivity index (χ2n) is 7.22. The molecule has 0 aliphatic rings. The van der Waals surface area contributed by atoms with Crippen molar-refractivity contribution in [1.29, 1.82) is 0 Å². The molecule has 1 aromatic heterocycles. The van der Waals surface area contributed by atoms with Gasteiger partial charge >= 0.3 is 0 Å². The number of hydrogen-bond acceptors (Lipinski definition) is 5. The minimum Gasteiger partial charge on any atom is -0.497 e. The van der Waals surface area contributed by atoms with Crippen LogP contribution in [0.5, 0.6) is 11.5 Å². The summed E-state index contributed by atoms with van der Waals surface area (Å²) in [5.41, 5.74) is 0. The number of benzene rings is 1. The van der Waals surface area contributed by atoms with Crippen LogP contribution in [-0.2, 0) is 13.0 Å². The highest BCUT2D eigenvalue weighted by Crippen LogP contribution is 2.16. The van der Waals surface area contributed by atoms with Gasteiger partial charge in [-0.1, -0.05) is 20.8 Å². The van der Waals surface area contributed by atoms with Crippen molar-refractivity contribution < 1.29 is 9.47 Å². The van der Waals surface area contributed by atoms with Crippen molar-refractivity contribution in [2.45, 2.75) is 33.7 Å². The van der Waals surface area contributed by atoms with E-state index in [1.807, 2.05) is 31.3 Å². The monoisotopic (exact) mass is 402 g/mol. The van der Waals surface area contributed by atoms with Crippen LogP contribution in [0.3, 0.4) is 0 Å². The SMILES string of the molecule is CCc1nncn1CCNC(=NCC(C)C)N(C)CCOc1ccc(OC)cc1.